The summed E-state index contributed by atoms with van der Waals surface area (Å²) in [6, 6.07) is 14.5. The third-order valence-electron chi connectivity index (χ3n) is 6.32. The molecule has 8 nitrogen and oxygen atoms in total. The summed E-state index contributed by atoms with van der Waals surface area (Å²) in [7, 11) is 0. The van der Waals surface area contributed by atoms with E-state index in [1.54, 1.807) is 18.9 Å². The maximum Gasteiger partial charge on any atom is 0.265 e. The average Bonchev–Trinajstić information content (AvgIpc) is 3.58. The monoisotopic (exact) mass is 473 g/mol. The Bertz CT molecular complexity index is 1250. The van der Waals surface area contributed by atoms with Crippen LogP contribution in [0.4, 0.5) is 0 Å². The second-order valence-corrected chi connectivity index (χ2v) is 8.82. The van der Waals surface area contributed by atoms with E-state index >= 15 is 0 Å². The number of imidazole rings is 1. The molecule has 1 unspecified atom stereocenters. The number of carbonyl (C=O) groups excluding carboxylic acids is 2. The number of amides is 1. The van der Waals surface area contributed by atoms with Crippen molar-refractivity contribution < 1.29 is 14.2 Å². The van der Waals surface area contributed by atoms with Gasteiger partial charge in [0.25, 0.3) is 6.33 Å². The molecule has 0 saturated heterocycles. The Morgan fingerprint density at radius 1 is 1.09 bits per heavy atom. The molecule has 0 bridgehead atoms. The molecule has 8 heteroatoms. The van der Waals surface area contributed by atoms with Crippen molar-refractivity contribution in [3.63, 3.8) is 0 Å². The average molecular weight is 474 g/mol. The maximum absolute atomic E-state index is 13.2. The van der Waals surface area contributed by atoms with Gasteiger partial charge in [-0.2, -0.15) is 0 Å². The Balaban J connectivity index is 1.44. The third kappa shape index (κ3) is 6.62. The lowest BCUT2D eigenvalue weighted by atomic mass is 9.98. The summed E-state index contributed by atoms with van der Waals surface area (Å²) in [4.78, 5) is 32.7. The number of nitrogens with zero attached hydrogens (tertiary/aromatic N) is 3. The first kappa shape index (κ1) is 24.3. The van der Waals surface area contributed by atoms with Gasteiger partial charge in [-0.3, -0.25) is 9.59 Å². The van der Waals surface area contributed by atoms with E-state index in [-0.39, 0.29) is 11.8 Å². The number of H-pyrrole nitrogens is 2. The number of carbonyl (C=O) groups is 2. The van der Waals surface area contributed by atoms with E-state index in [0.717, 1.165) is 35.9 Å². The summed E-state index contributed by atoms with van der Waals surface area (Å²) in [5.74, 6) is 0.548. The second-order valence-electron chi connectivity index (χ2n) is 8.82. The summed E-state index contributed by atoms with van der Waals surface area (Å²) in [6.07, 6.45) is 9.75. The summed E-state index contributed by atoms with van der Waals surface area (Å²) < 4.78 is 1.88. The Labute approximate surface area is 205 Å². The van der Waals surface area contributed by atoms with Crippen LogP contribution >= 0.6 is 0 Å². The van der Waals surface area contributed by atoms with Gasteiger partial charge in [-0.1, -0.05) is 56.2 Å². The van der Waals surface area contributed by atoms with Gasteiger partial charge in [0.2, 0.25) is 12.2 Å². The van der Waals surface area contributed by atoms with E-state index in [0.29, 0.717) is 44.0 Å². The van der Waals surface area contributed by atoms with Crippen molar-refractivity contribution in [2.45, 2.75) is 57.9 Å². The van der Waals surface area contributed by atoms with Gasteiger partial charge in [0.1, 0.15) is 11.6 Å². The number of unbranched alkanes of at least 4 members (excludes halogenated alkanes) is 2. The number of fused-ring (bicyclic) bond motifs is 1. The topological polar surface area (TPSA) is 107 Å². The lowest BCUT2D eigenvalue weighted by Gasteiger charge is -2.15. The zero-order valence-electron chi connectivity index (χ0n) is 20.2. The van der Waals surface area contributed by atoms with Crippen LogP contribution < -0.4 is 9.88 Å². The highest BCUT2D eigenvalue weighted by Gasteiger charge is 2.23. The molecule has 1 atom stereocenters. The molecular formula is C27H33N6O2+. The van der Waals surface area contributed by atoms with Crippen LogP contribution in [-0.2, 0) is 16.1 Å². The number of aromatic nitrogens is 5. The minimum absolute atomic E-state index is 0.0434. The van der Waals surface area contributed by atoms with E-state index in [1.165, 1.54) is 5.39 Å². The van der Waals surface area contributed by atoms with Gasteiger partial charge in [0.15, 0.2) is 0 Å². The first-order valence-electron chi connectivity index (χ1n) is 12.4. The summed E-state index contributed by atoms with van der Waals surface area (Å²) in [5.41, 5.74) is 1.93. The maximum atomic E-state index is 13.2. The summed E-state index contributed by atoms with van der Waals surface area (Å²) >= 11 is 0. The molecule has 0 saturated carbocycles. The molecule has 0 aliphatic rings. The Morgan fingerprint density at radius 3 is 2.74 bits per heavy atom. The molecule has 2 aromatic carbocycles. The molecule has 182 valence electrons. The molecule has 2 aromatic heterocycles. The first-order chi connectivity index (χ1) is 17.1. The third-order valence-corrected chi connectivity index (χ3v) is 6.32. The quantitative estimate of drug-likeness (QED) is 0.201. The van der Waals surface area contributed by atoms with Gasteiger partial charge < -0.3 is 10.3 Å². The van der Waals surface area contributed by atoms with Crippen LogP contribution in [0.2, 0.25) is 0 Å². The number of aromatic amines is 2. The smallest absolute Gasteiger partial charge is 0.265 e. The SMILES string of the molecule is CCC(=O)CCCCCC(C(=O)NCC[n+]1cn[nH]c1)c1ncc(-c2ccc3ccccc3c2)[nH]1. The summed E-state index contributed by atoms with van der Waals surface area (Å²) in [5, 5.41) is 12.1. The molecule has 1 amide bonds. The fraction of sp³-hybridized carbons (Fsp3) is 0.370. The molecule has 35 heavy (non-hydrogen) atoms. The summed E-state index contributed by atoms with van der Waals surface area (Å²) in [6.45, 7) is 3.03. The number of nitrogens with one attached hydrogen (secondary N) is 3. The van der Waals surface area contributed by atoms with Crippen LogP contribution in [0.15, 0.2) is 61.3 Å². The van der Waals surface area contributed by atoms with Crippen LogP contribution in [0.5, 0.6) is 0 Å². The molecule has 0 radical (unpaired) electrons. The highest BCUT2D eigenvalue weighted by atomic mass is 16.2. The van der Waals surface area contributed by atoms with Crippen molar-refractivity contribution in [2.75, 3.05) is 6.54 Å². The molecule has 2 heterocycles. The molecule has 0 spiro atoms. The largest absolute Gasteiger partial charge is 0.352 e. The molecule has 0 aliphatic heterocycles. The van der Waals surface area contributed by atoms with E-state index in [4.69, 9.17) is 0 Å². The number of ketones is 1. The van der Waals surface area contributed by atoms with Gasteiger partial charge >= 0.3 is 0 Å². The van der Waals surface area contributed by atoms with Gasteiger partial charge in [-0.15, -0.1) is 5.10 Å². The molecule has 4 rings (SSSR count). The zero-order valence-corrected chi connectivity index (χ0v) is 20.2. The van der Waals surface area contributed by atoms with Gasteiger partial charge in [-0.05, 0) is 29.7 Å². The van der Waals surface area contributed by atoms with E-state index in [1.807, 2.05) is 23.6 Å². The molecule has 0 fully saturated rings. The minimum Gasteiger partial charge on any atom is -0.352 e. The molecular weight excluding hydrogens is 440 g/mol. The number of Topliss-reactive ketones (excluding diaryl/α,β-unsaturated/α-hetero) is 1. The van der Waals surface area contributed by atoms with Crippen molar-refractivity contribution >= 4 is 22.5 Å². The molecule has 0 aliphatic carbocycles. The van der Waals surface area contributed by atoms with Crippen LogP contribution in [0.25, 0.3) is 22.0 Å². The number of rotatable bonds is 13. The first-order valence-corrected chi connectivity index (χ1v) is 12.4. The predicted molar refractivity (Wildman–Crippen MR) is 134 cm³/mol. The van der Waals surface area contributed by atoms with Crippen molar-refractivity contribution in [3.8, 4) is 11.3 Å². The highest BCUT2D eigenvalue weighted by Crippen LogP contribution is 2.27. The van der Waals surface area contributed by atoms with Crippen molar-refractivity contribution in [1.29, 1.82) is 0 Å². The van der Waals surface area contributed by atoms with Crippen LogP contribution in [-0.4, -0.2) is 38.4 Å². The zero-order chi connectivity index (χ0) is 24.5. The van der Waals surface area contributed by atoms with Crippen LogP contribution in [0, 0.1) is 0 Å². The predicted octanol–water partition coefficient (Wildman–Crippen LogP) is 4.07. The Morgan fingerprint density at radius 2 is 1.94 bits per heavy atom. The van der Waals surface area contributed by atoms with E-state index < -0.39 is 0 Å². The lowest BCUT2D eigenvalue weighted by molar-refractivity contribution is -0.694. The van der Waals surface area contributed by atoms with Crippen molar-refractivity contribution in [2.24, 2.45) is 0 Å². The number of hydrogen-bond donors (Lipinski definition) is 3. The minimum atomic E-state index is -0.375. The van der Waals surface area contributed by atoms with Gasteiger partial charge in [0, 0.05) is 30.0 Å². The van der Waals surface area contributed by atoms with Crippen LogP contribution in [0.1, 0.15) is 57.2 Å². The molecule has 4 aromatic rings. The van der Waals surface area contributed by atoms with Gasteiger partial charge in [-0.25, -0.2) is 9.55 Å². The fourth-order valence-electron chi connectivity index (χ4n) is 4.24. The Kier molecular flexibility index (Phi) is 8.38. The number of hydrogen-bond acceptors (Lipinski definition) is 4. The fourth-order valence-corrected chi connectivity index (χ4v) is 4.24. The van der Waals surface area contributed by atoms with E-state index in [9.17, 15) is 9.59 Å². The van der Waals surface area contributed by atoms with Crippen molar-refractivity contribution in [1.82, 2.24) is 25.5 Å². The number of benzene rings is 2. The van der Waals surface area contributed by atoms with Crippen molar-refractivity contribution in [3.05, 3.63) is 67.1 Å². The van der Waals surface area contributed by atoms with E-state index in [2.05, 4.69) is 55.8 Å². The second kappa shape index (κ2) is 12.1. The highest BCUT2D eigenvalue weighted by molar-refractivity contribution is 5.87. The lowest BCUT2D eigenvalue weighted by Crippen LogP contribution is -2.40. The van der Waals surface area contributed by atoms with Gasteiger partial charge in [0.05, 0.1) is 24.4 Å². The Hall–Kier alpha value is -3.81. The standard InChI is InChI=1S/C27H32N6O2/c1-2-23(34)10-4-3-5-11-24(27(35)28-14-15-33-18-30-31-19-33)26-29-17-25(32-26)22-13-12-20-8-6-7-9-21(20)16-22/h6-9,12-13,16-19,24H,2-5,10-11,14-15H2,1H3,(H2,28,29,32,35)/p+1. The van der Waals surface area contributed by atoms with Crippen LogP contribution in [0.3, 0.4) is 0 Å². The molecule has 3 N–H and O–H groups in total. The normalized spacial score (nSPS) is 12.0.